The Hall–Kier alpha value is -2.86. The van der Waals surface area contributed by atoms with Gasteiger partial charge in [-0.05, 0) is 81.7 Å². The molecule has 2 aliphatic heterocycles. The maximum Gasteiger partial charge on any atom is 0.251 e. The fourth-order valence-electron chi connectivity index (χ4n) is 5.94. The van der Waals surface area contributed by atoms with Gasteiger partial charge >= 0.3 is 0 Å². The Balaban J connectivity index is 1.67. The molecule has 0 bridgehead atoms. The highest BCUT2D eigenvalue weighted by atomic mass is 16.5. The molecule has 0 spiro atoms. The smallest absolute Gasteiger partial charge is 0.251 e. The minimum Gasteiger partial charge on any atom is -0.381 e. The molecule has 2 aliphatic rings. The van der Waals surface area contributed by atoms with E-state index in [4.69, 9.17) is 4.74 Å². The first kappa shape index (κ1) is 27.2. The third kappa shape index (κ3) is 5.85. The van der Waals surface area contributed by atoms with Gasteiger partial charge in [0, 0.05) is 56.7 Å². The molecule has 0 aromatic heterocycles. The van der Waals surface area contributed by atoms with Crippen LogP contribution >= 0.6 is 0 Å². The van der Waals surface area contributed by atoms with Gasteiger partial charge < -0.3 is 19.9 Å². The molecule has 6 nitrogen and oxygen atoms in total. The number of rotatable bonds is 7. The zero-order chi connectivity index (χ0) is 26.7. The largest absolute Gasteiger partial charge is 0.381 e. The topological polar surface area (TPSA) is 61.9 Å². The SMILES string of the molecule is CCN(c1cc(-c2ccc(C)cc2)cc(C(=O)NCC2C(=O)N(C)C(C)CC2C)c1C)C1CCOCC1. The van der Waals surface area contributed by atoms with Crippen LogP contribution in [0.4, 0.5) is 5.69 Å². The molecule has 0 radical (unpaired) electrons. The van der Waals surface area contributed by atoms with Gasteiger partial charge in [-0.2, -0.15) is 0 Å². The number of aryl methyl sites for hydroxylation is 1. The van der Waals surface area contributed by atoms with Crippen molar-refractivity contribution in [2.45, 2.75) is 66.0 Å². The summed E-state index contributed by atoms with van der Waals surface area (Å²) >= 11 is 0. The minimum atomic E-state index is -0.195. The van der Waals surface area contributed by atoms with Crippen molar-refractivity contribution in [1.29, 1.82) is 0 Å². The number of amides is 2. The first-order chi connectivity index (χ1) is 17.7. The molecule has 1 N–H and O–H groups in total. The second-order valence-corrected chi connectivity index (χ2v) is 11.0. The molecule has 3 unspecified atom stereocenters. The Kier molecular flexibility index (Phi) is 8.58. The number of carbonyl (C=O) groups is 2. The van der Waals surface area contributed by atoms with Gasteiger partial charge in [0.1, 0.15) is 0 Å². The van der Waals surface area contributed by atoms with Gasteiger partial charge in [0.15, 0.2) is 0 Å². The van der Waals surface area contributed by atoms with Gasteiger partial charge in [0.05, 0.1) is 5.92 Å². The van der Waals surface area contributed by atoms with Crippen LogP contribution in [0, 0.1) is 25.7 Å². The quantitative estimate of drug-likeness (QED) is 0.561. The summed E-state index contributed by atoms with van der Waals surface area (Å²) in [5, 5.41) is 3.13. The lowest BCUT2D eigenvalue weighted by atomic mass is 9.83. The number of anilines is 1. The van der Waals surface area contributed by atoms with Crippen LogP contribution in [0.1, 0.15) is 61.5 Å². The van der Waals surface area contributed by atoms with Crippen molar-refractivity contribution in [3.63, 3.8) is 0 Å². The standard InChI is InChI=1S/C31H43N3O3/c1-7-34(26-12-14-37-15-13-26)29-18-25(24-10-8-20(2)9-11-24)17-27(23(29)5)30(35)32-19-28-21(3)16-22(4)33(6)31(28)36/h8-11,17-18,21-22,26,28H,7,12-16,19H2,1-6H3,(H,32,35). The molecule has 0 aliphatic carbocycles. The normalized spacial score (nSPS) is 22.7. The molecule has 3 atom stereocenters. The lowest BCUT2D eigenvalue weighted by molar-refractivity contribution is -0.141. The number of carbonyl (C=O) groups excluding carboxylic acids is 2. The van der Waals surface area contributed by atoms with E-state index in [9.17, 15) is 9.59 Å². The predicted molar refractivity (Wildman–Crippen MR) is 150 cm³/mol. The molecule has 4 rings (SSSR count). The average molecular weight is 506 g/mol. The van der Waals surface area contributed by atoms with E-state index in [1.807, 2.05) is 18.0 Å². The van der Waals surface area contributed by atoms with Crippen molar-refractivity contribution in [2.75, 3.05) is 38.3 Å². The molecule has 200 valence electrons. The summed E-state index contributed by atoms with van der Waals surface area (Å²) in [6.45, 7) is 13.3. The molecule has 37 heavy (non-hydrogen) atoms. The zero-order valence-electron chi connectivity index (χ0n) is 23.3. The van der Waals surface area contributed by atoms with Crippen LogP contribution in [0.5, 0.6) is 0 Å². The monoisotopic (exact) mass is 505 g/mol. The van der Waals surface area contributed by atoms with E-state index in [1.54, 1.807) is 0 Å². The summed E-state index contributed by atoms with van der Waals surface area (Å²) in [6, 6.07) is 13.3. The van der Waals surface area contributed by atoms with Crippen molar-refractivity contribution >= 4 is 17.5 Å². The fraction of sp³-hybridized carbons (Fsp3) is 0.548. The van der Waals surface area contributed by atoms with Crippen LogP contribution in [0.3, 0.4) is 0 Å². The maximum atomic E-state index is 13.7. The van der Waals surface area contributed by atoms with Crippen molar-refractivity contribution < 1.29 is 14.3 Å². The molecule has 6 heteroatoms. The molecule has 2 heterocycles. The first-order valence-electron chi connectivity index (χ1n) is 13.8. The highest BCUT2D eigenvalue weighted by Gasteiger charge is 2.36. The maximum absolute atomic E-state index is 13.7. The molecule has 0 saturated carbocycles. The number of ether oxygens (including phenoxy) is 1. The first-order valence-corrected chi connectivity index (χ1v) is 13.8. The van der Waals surface area contributed by atoms with Crippen molar-refractivity contribution in [3.05, 3.63) is 53.1 Å². The van der Waals surface area contributed by atoms with E-state index in [2.05, 4.69) is 75.2 Å². The van der Waals surface area contributed by atoms with Gasteiger partial charge in [0.2, 0.25) is 5.91 Å². The summed E-state index contributed by atoms with van der Waals surface area (Å²) in [6.07, 6.45) is 2.92. The summed E-state index contributed by atoms with van der Waals surface area (Å²) in [5.74, 6) is 0.0456. The molecular formula is C31H43N3O3. The van der Waals surface area contributed by atoms with E-state index in [-0.39, 0.29) is 29.7 Å². The van der Waals surface area contributed by atoms with Gasteiger partial charge in [-0.15, -0.1) is 0 Å². The van der Waals surface area contributed by atoms with E-state index in [0.717, 1.165) is 61.4 Å². The number of nitrogens with one attached hydrogen (secondary N) is 1. The predicted octanol–water partition coefficient (Wildman–Crippen LogP) is 5.21. The lowest BCUT2D eigenvalue weighted by Crippen LogP contribution is -2.51. The number of hydrogen-bond donors (Lipinski definition) is 1. The molecule has 2 aromatic carbocycles. The van der Waals surface area contributed by atoms with Gasteiger partial charge in [0.25, 0.3) is 5.91 Å². The second kappa shape index (κ2) is 11.7. The Morgan fingerprint density at radius 2 is 1.76 bits per heavy atom. The number of piperidine rings is 1. The number of hydrogen-bond acceptors (Lipinski definition) is 4. The van der Waals surface area contributed by atoms with Gasteiger partial charge in [-0.3, -0.25) is 9.59 Å². The molecular weight excluding hydrogens is 462 g/mol. The van der Waals surface area contributed by atoms with Crippen molar-refractivity contribution in [3.8, 4) is 11.1 Å². The van der Waals surface area contributed by atoms with Crippen molar-refractivity contribution in [1.82, 2.24) is 10.2 Å². The van der Waals surface area contributed by atoms with Crippen LogP contribution in [0.2, 0.25) is 0 Å². The Morgan fingerprint density at radius 3 is 2.41 bits per heavy atom. The molecule has 2 amide bonds. The Morgan fingerprint density at radius 1 is 1.08 bits per heavy atom. The molecule has 2 saturated heterocycles. The summed E-state index contributed by atoms with van der Waals surface area (Å²) in [5.41, 5.74) is 6.10. The van der Waals surface area contributed by atoms with E-state index in [1.165, 1.54) is 5.56 Å². The fourth-order valence-corrected chi connectivity index (χ4v) is 5.94. The van der Waals surface area contributed by atoms with Crippen molar-refractivity contribution in [2.24, 2.45) is 11.8 Å². The summed E-state index contributed by atoms with van der Waals surface area (Å²) in [4.78, 5) is 30.9. The average Bonchev–Trinajstić information content (AvgIpc) is 2.89. The van der Waals surface area contributed by atoms with Gasteiger partial charge in [-0.25, -0.2) is 0 Å². The number of likely N-dealkylation sites (tertiary alicyclic amines) is 1. The highest BCUT2D eigenvalue weighted by Crippen LogP contribution is 2.34. The van der Waals surface area contributed by atoms with E-state index < -0.39 is 0 Å². The summed E-state index contributed by atoms with van der Waals surface area (Å²) in [7, 11) is 1.87. The number of nitrogens with zero attached hydrogens (tertiary/aromatic N) is 2. The lowest BCUT2D eigenvalue weighted by Gasteiger charge is -2.39. The zero-order valence-corrected chi connectivity index (χ0v) is 23.3. The number of benzene rings is 2. The molecule has 2 fully saturated rings. The molecule has 2 aromatic rings. The van der Waals surface area contributed by atoms with E-state index in [0.29, 0.717) is 18.2 Å². The third-order valence-electron chi connectivity index (χ3n) is 8.50. The second-order valence-electron chi connectivity index (χ2n) is 11.0. The Labute approximate surface area is 222 Å². The van der Waals surface area contributed by atoms with Crippen LogP contribution in [-0.2, 0) is 9.53 Å². The van der Waals surface area contributed by atoms with Crippen LogP contribution in [-0.4, -0.2) is 62.1 Å². The highest BCUT2D eigenvalue weighted by molar-refractivity contribution is 5.99. The van der Waals surface area contributed by atoms with Gasteiger partial charge in [-0.1, -0.05) is 36.8 Å². The van der Waals surface area contributed by atoms with Crippen LogP contribution in [0.25, 0.3) is 11.1 Å². The van der Waals surface area contributed by atoms with Crippen LogP contribution < -0.4 is 10.2 Å². The third-order valence-corrected chi connectivity index (χ3v) is 8.50. The van der Waals surface area contributed by atoms with E-state index >= 15 is 0 Å². The Bertz CT molecular complexity index is 1110. The summed E-state index contributed by atoms with van der Waals surface area (Å²) < 4.78 is 5.63. The minimum absolute atomic E-state index is 0.114. The van der Waals surface area contributed by atoms with Crippen LogP contribution in [0.15, 0.2) is 36.4 Å².